The van der Waals surface area contributed by atoms with Crippen LogP contribution in [0.2, 0.25) is 0 Å². The number of hydroxylamine groups is 2. The van der Waals surface area contributed by atoms with Crippen LogP contribution in [0.1, 0.15) is 50.9 Å². The molecule has 0 bridgehead atoms. The molecule has 0 saturated carbocycles. The van der Waals surface area contributed by atoms with Crippen molar-refractivity contribution in [2.45, 2.75) is 39.5 Å². The maximum atomic E-state index is 12.3. The third-order valence-corrected chi connectivity index (χ3v) is 5.71. The van der Waals surface area contributed by atoms with Crippen molar-refractivity contribution in [3.05, 3.63) is 66.0 Å². The molecule has 1 unspecified atom stereocenters. The first kappa shape index (κ1) is 23.3. The SMILES string of the molecule is CC(C)(C)C(=O)ON1CCCC(c2nn(-c3ccc(Oc4ccccc4)cc3)c(C#N)c2N)C1. The molecule has 1 atom stereocenters. The van der Waals surface area contributed by atoms with Crippen LogP contribution in [0.25, 0.3) is 5.69 Å². The highest BCUT2D eigenvalue weighted by atomic mass is 16.7. The molecule has 2 N–H and O–H groups in total. The van der Waals surface area contributed by atoms with E-state index in [1.54, 1.807) is 9.75 Å². The molecule has 1 aliphatic rings. The van der Waals surface area contributed by atoms with Crippen LogP contribution in [0.5, 0.6) is 11.5 Å². The van der Waals surface area contributed by atoms with Gasteiger partial charge in [0.15, 0.2) is 5.69 Å². The van der Waals surface area contributed by atoms with E-state index in [-0.39, 0.29) is 17.6 Å². The molecule has 2 heterocycles. The fraction of sp³-hybridized carbons (Fsp3) is 0.346. The Labute approximate surface area is 199 Å². The summed E-state index contributed by atoms with van der Waals surface area (Å²) in [6.45, 7) is 6.62. The van der Waals surface area contributed by atoms with Gasteiger partial charge in [-0.15, -0.1) is 5.06 Å². The fourth-order valence-electron chi connectivity index (χ4n) is 3.83. The van der Waals surface area contributed by atoms with Gasteiger partial charge < -0.3 is 15.3 Å². The number of carbonyl (C=O) groups is 1. The van der Waals surface area contributed by atoms with Crippen LogP contribution in [0.15, 0.2) is 54.6 Å². The summed E-state index contributed by atoms with van der Waals surface area (Å²) in [4.78, 5) is 17.9. The molecule has 34 heavy (non-hydrogen) atoms. The van der Waals surface area contributed by atoms with Gasteiger partial charge in [-0.05, 0) is 70.0 Å². The van der Waals surface area contributed by atoms with Crippen molar-refractivity contribution in [1.29, 1.82) is 5.26 Å². The second-order valence-electron chi connectivity index (χ2n) is 9.44. The maximum Gasteiger partial charge on any atom is 0.330 e. The zero-order valence-corrected chi connectivity index (χ0v) is 19.7. The van der Waals surface area contributed by atoms with Gasteiger partial charge in [0, 0.05) is 19.0 Å². The van der Waals surface area contributed by atoms with E-state index in [1.165, 1.54) is 0 Å². The summed E-state index contributed by atoms with van der Waals surface area (Å²) in [5.74, 6) is 1.10. The Bertz CT molecular complexity index is 1190. The molecule has 176 valence electrons. The molecule has 8 heteroatoms. The third kappa shape index (κ3) is 5.05. The fourth-order valence-corrected chi connectivity index (χ4v) is 3.83. The molecule has 2 aromatic carbocycles. The summed E-state index contributed by atoms with van der Waals surface area (Å²) in [6.07, 6.45) is 1.68. The Morgan fingerprint density at radius 2 is 1.79 bits per heavy atom. The number of piperidine rings is 1. The van der Waals surface area contributed by atoms with Crippen LogP contribution in [0.4, 0.5) is 5.69 Å². The number of ether oxygens (including phenoxy) is 1. The van der Waals surface area contributed by atoms with Crippen LogP contribution in [0, 0.1) is 16.7 Å². The summed E-state index contributed by atoms with van der Waals surface area (Å²) in [5, 5.41) is 16.2. The molecule has 0 radical (unpaired) electrons. The number of rotatable bonds is 5. The quantitative estimate of drug-likeness (QED) is 0.584. The first-order valence-electron chi connectivity index (χ1n) is 11.4. The van der Waals surface area contributed by atoms with E-state index in [4.69, 9.17) is 20.4 Å². The Morgan fingerprint density at radius 1 is 1.12 bits per heavy atom. The van der Waals surface area contributed by atoms with E-state index >= 15 is 0 Å². The highest BCUT2D eigenvalue weighted by Crippen LogP contribution is 2.33. The second kappa shape index (κ2) is 9.57. The maximum absolute atomic E-state index is 12.3. The average Bonchev–Trinajstić information content (AvgIpc) is 3.16. The van der Waals surface area contributed by atoms with Gasteiger partial charge in [0.2, 0.25) is 0 Å². The van der Waals surface area contributed by atoms with Crippen LogP contribution in [-0.4, -0.2) is 33.9 Å². The molecule has 3 aromatic rings. The number of para-hydroxylation sites is 1. The number of hydrogen-bond acceptors (Lipinski definition) is 7. The van der Waals surface area contributed by atoms with Gasteiger partial charge in [0.05, 0.1) is 22.5 Å². The number of nitrogens with two attached hydrogens (primary N) is 1. The predicted molar refractivity (Wildman–Crippen MR) is 128 cm³/mol. The highest BCUT2D eigenvalue weighted by molar-refractivity contribution is 5.75. The summed E-state index contributed by atoms with van der Waals surface area (Å²) >= 11 is 0. The van der Waals surface area contributed by atoms with Gasteiger partial charge in [-0.3, -0.25) is 0 Å². The molecule has 1 aliphatic heterocycles. The second-order valence-corrected chi connectivity index (χ2v) is 9.44. The van der Waals surface area contributed by atoms with E-state index in [0.717, 1.165) is 18.6 Å². The summed E-state index contributed by atoms with van der Waals surface area (Å²) < 4.78 is 7.42. The van der Waals surface area contributed by atoms with Gasteiger partial charge in [-0.25, -0.2) is 9.48 Å². The van der Waals surface area contributed by atoms with Crippen molar-refractivity contribution < 1.29 is 14.4 Å². The third-order valence-electron chi connectivity index (χ3n) is 5.71. The van der Waals surface area contributed by atoms with Gasteiger partial charge >= 0.3 is 5.97 Å². The molecule has 8 nitrogen and oxygen atoms in total. The zero-order chi connectivity index (χ0) is 24.3. The molecule has 1 fully saturated rings. The number of nitrogen functional groups attached to an aromatic ring is 1. The number of nitrogens with zero attached hydrogens (tertiary/aromatic N) is 4. The van der Waals surface area contributed by atoms with E-state index < -0.39 is 5.41 Å². The van der Waals surface area contributed by atoms with Gasteiger partial charge in [0.25, 0.3) is 0 Å². The van der Waals surface area contributed by atoms with Crippen molar-refractivity contribution in [3.8, 4) is 23.3 Å². The van der Waals surface area contributed by atoms with Crippen LogP contribution in [0.3, 0.4) is 0 Å². The smallest absolute Gasteiger partial charge is 0.330 e. The van der Waals surface area contributed by atoms with Crippen molar-refractivity contribution in [3.63, 3.8) is 0 Å². The largest absolute Gasteiger partial charge is 0.457 e. The summed E-state index contributed by atoms with van der Waals surface area (Å²) in [7, 11) is 0. The Balaban J connectivity index is 1.54. The Morgan fingerprint density at radius 3 is 2.44 bits per heavy atom. The Kier molecular flexibility index (Phi) is 6.57. The number of benzene rings is 2. The minimum atomic E-state index is -0.585. The standard InChI is InChI=1S/C26H29N5O3/c1-26(2,3)25(32)34-30-15-7-8-18(17-30)24-23(28)22(16-27)31(29-24)19-11-13-21(14-12-19)33-20-9-5-4-6-10-20/h4-6,9-14,18H,7-8,15,17,28H2,1-3H3. The van der Waals surface area contributed by atoms with E-state index in [0.29, 0.717) is 35.9 Å². The lowest BCUT2D eigenvalue weighted by molar-refractivity contribution is -0.205. The summed E-state index contributed by atoms with van der Waals surface area (Å²) in [5.41, 5.74) is 7.80. The van der Waals surface area contributed by atoms with Crippen LogP contribution < -0.4 is 10.5 Å². The lowest BCUT2D eigenvalue weighted by Crippen LogP contribution is -2.39. The molecule has 4 rings (SSSR count). The monoisotopic (exact) mass is 459 g/mol. The zero-order valence-electron chi connectivity index (χ0n) is 19.7. The molecular formula is C26H29N5O3. The lowest BCUT2D eigenvalue weighted by atomic mass is 9.94. The van der Waals surface area contributed by atoms with Gasteiger partial charge in [-0.1, -0.05) is 18.2 Å². The number of hydrogen-bond donors (Lipinski definition) is 1. The first-order valence-corrected chi connectivity index (χ1v) is 11.4. The van der Waals surface area contributed by atoms with E-state index in [9.17, 15) is 10.1 Å². The minimum absolute atomic E-state index is 0.0458. The molecule has 0 spiro atoms. The topological polar surface area (TPSA) is 106 Å². The number of carbonyl (C=O) groups excluding carboxylic acids is 1. The molecule has 0 amide bonds. The van der Waals surface area contributed by atoms with E-state index in [1.807, 2.05) is 75.4 Å². The molecule has 1 aromatic heterocycles. The van der Waals surface area contributed by atoms with Gasteiger partial charge in [0.1, 0.15) is 17.6 Å². The lowest BCUT2D eigenvalue weighted by Gasteiger charge is -2.32. The molecular weight excluding hydrogens is 430 g/mol. The number of aromatic nitrogens is 2. The van der Waals surface area contributed by atoms with Crippen molar-refractivity contribution >= 4 is 11.7 Å². The van der Waals surface area contributed by atoms with Crippen molar-refractivity contribution in [2.75, 3.05) is 18.8 Å². The first-order chi connectivity index (χ1) is 16.3. The van der Waals surface area contributed by atoms with Crippen molar-refractivity contribution in [1.82, 2.24) is 14.8 Å². The normalized spacial score (nSPS) is 16.6. The average molecular weight is 460 g/mol. The molecule has 0 aliphatic carbocycles. The minimum Gasteiger partial charge on any atom is -0.457 e. The van der Waals surface area contributed by atoms with Crippen molar-refractivity contribution in [2.24, 2.45) is 5.41 Å². The number of anilines is 1. The van der Waals surface area contributed by atoms with Gasteiger partial charge in [-0.2, -0.15) is 10.4 Å². The molecule has 1 saturated heterocycles. The highest BCUT2D eigenvalue weighted by Gasteiger charge is 2.32. The number of nitriles is 1. The Hall–Kier alpha value is -3.83. The summed E-state index contributed by atoms with van der Waals surface area (Å²) in [6, 6.07) is 19.0. The predicted octanol–water partition coefficient (Wildman–Crippen LogP) is 4.80. The van der Waals surface area contributed by atoms with E-state index in [2.05, 4.69) is 6.07 Å². The van der Waals surface area contributed by atoms with Crippen LogP contribution in [-0.2, 0) is 9.63 Å². The van der Waals surface area contributed by atoms with Crippen LogP contribution >= 0.6 is 0 Å².